The minimum Gasteiger partial charge on any atom is -0.373 e. The summed E-state index contributed by atoms with van der Waals surface area (Å²) in [6, 6.07) is 5.83. The Balaban J connectivity index is 2.18. The fourth-order valence-electron chi connectivity index (χ4n) is 3.00. The van der Waals surface area contributed by atoms with Gasteiger partial charge in [0.25, 0.3) is 0 Å². The van der Waals surface area contributed by atoms with E-state index < -0.39 is 0 Å². The minimum atomic E-state index is -0.169. The van der Waals surface area contributed by atoms with Crippen molar-refractivity contribution in [1.29, 1.82) is 0 Å². The molecule has 2 unspecified atom stereocenters. The van der Waals surface area contributed by atoms with Gasteiger partial charge < -0.3 is 15.1 Å². The summed E-state index contributed by atoms with van der Waals surface area (Å²) in [5.74, 6) is -0.169. The maximum Gasteiger partial charge on any atom is 0.123 e. The molecule has 0 bridgehead atoms. The third kappa shape index (κ3) is 3.30. The third-order valence-electron chi connectivity index (χ3n) is 4.46. The molecular formula is C16H26FN3. The molecule has 20 heavy (non-hydrogen) atoms. The van der Waals surface area contributed by atoms with Crippen LogP contribution >= 0.6 is 0 Å². The standard InChI is InChI=1S/C16H26FN3/c1-12(18-2)15-10-13(17)7-8-16(15)20(4)11-14-6-5-9-19(14)3/h7-8,10,12,14,18H,5-6,9,11H2,1-4H3. The molecule has 0 aromatic heterocycles. The van der Waals surface area contributed by atoms with Crippen molar-refractivity contribution in [2.24, 2.45) is 0 Å². The number of hydrogen-bond donors (Lipinski definition) is 1. The number of anilines is 1. The molecule has 1 saturated heterocycles. The first-order valence-corrected chi connectivity index (χ1v) is 7.41. The van der Waals surface area contributed by atoms with E-state index >= 15 is 0 Å². The van der Waals surface area contributed by atoms with Crippen LogP contribution in [0.5, 0.6) is 0 Å². The molecule has 1 N–H and O–H groups in total. The van der Waals surface area contributed by atoms with Crippen LogP contribution in [-0.4, -0.2) is 45.2 Å². The summed E-state index contributed by atoms with van der Waals surface area (Å²) in [7, 11) is 6.20. The Morgan fingerprint density at radius 3 is 2.85 bits per heavy atom. The second-order valence-corrected chi connectivity index (χ2v) is 5.87. The minimum absolute atomic E-state index is 0.143. The molecule has 2 rings (SSSR count). The summed E-state index contributed by atoms with van der Waals surface area (Å²) in [6.07, 6.45) is 2.52. The molecule has 0 amide bonds. The average molecular weight is 279 g/mol. The Kier molecular flexibility index (Phi) is 5.00. The molecule has 1 aliphatic heterocycles. The lowest BCUT2D eigenvalue weighted by Crippen LogP contribution is -2.37. The zero-order valence-electron chi connectivity index (χ0n) is 13.0. The molecular weight excluding hydrogens is 253 g/mol. The van der Waals surface area contributed by atoms with Crippen molar-refractivity contribution >= 4 is 5.69 Å². The van der Waals surface area contributed by atoms with Crippen molar-refractivity contribution in [2.75, 3.05) is 39.1 Å². The van der Waals surface area contributed by atoms with Crippen molar-refractivity contribution in [3.05, 3.63) is 29.6 Å². The van der Waals surface area contributed by atoms with E-state index in [1.165, 1.54) is 19.4 Å². The van der Waals surface area contributed by atoms with Crippen molar-refractivity contribution in [3.63, 3.8) is 0 Å². The topological polar surface area (TPSA) is 18.5 Å². The summed E-state index contributed by atoms with van der Waals surface area (Å²) in [5.41, 5.74) is 2.14. The van der Waals surface area contributed by atoms with E-state index in [2.05, 4.69) is 36.1 Å². The predicted molar refractivity (Wildman–Crippen MR) is 82.8 cm³/mol. The van der Waals surface area contributed by atoms with E-state index in [0.29, 0.717) is 6.04 Å². The lowest BCUT2D eigenvalue weighted by atomic mass is 10.0. The molecule has 0 radical (unpaired) electrons. The lowest BCUT2D eigenvalue weighted by molar-refractivity contribution is 0.314. The summed E-state index contributed by atoms with van der Waals surface area (Å²) in [6.45, 7) is 4.24. The van der Waals surface area contributed by atoms with Crippen molar-refractivity contribution in [3.8, 4) is 0 Å². The van der Waals surface area contributed by atoms with Crippen LogP contribution in [0.25, 0.3) is 0 Å². The number of nitrogens with one attached hydrogen (secondary N) is 1. The Morgan fingerprint density at radius 1 is 1.50 bits per heavy atom. The fraction of sp³-hybridized carbons (Fsp3) is 0.625. The third-order valence-corrected chi connectivity index (χ3v) is 4.46. The molecule has 1 fully saturated rings. The second-order valence-electron chi connectivity index (χ2n) is 5.87. The van der Waals surface area contributed by atoms with E-state index in [0.717, 1.165) is 17.8 Å². The molecule has 4 heteroatoms. The largest absolute Gasteiger partial charge is 0.373 e. The van der Waals surface area contributed by atoms with E-state index in [4.69, 9.17) is 0 Å². The lowest BCUT2D eigenvalue weighted by Gasteiger charge is -2.30. The molecule has 3 nitrogen and oxygen atoms in total. The summed E-state index contributed by atoms with van der Waals surface area (Å²) in [4.78, 5) is 4.68. The number of hydrogen-bond acceptors (Lipinski definition) is 3. The molecule has 1 aliphatic rings. The zero-order chi connectivity index (χ0) is 14.7. The van der Waals surface area contributed by atoms with Crippen LogP contribution in [0.15, 0.2) is 18.2 Å². The van der Waals surface area contributed by atoms with Gasteiger partial charge in [0, 0.05) is 31.4 Å². The monoisotopic (exact) mass is 279 g/mol. The number of likely N-dealkylation sites (N-methyl/N-ethyl adjacent to an activating group) is 2. The number of halogens is 1. The first-order valence-electron chi connectivity index (χ1n) is 7.41. The normalized spacial score (nSPS) is 21.1. The fourth-order valence-corrected chi connectivity index (χ4v) is 3.00. The Hall–Kier alpha value is -1.13. The zero-order valence-corrected chi connectivity index (χ0v) is 13.0. The van der Waals surface area contributed by atoms with Gasteiger partial charge in [0.1, 0.15) is 5.82 Å². The maximum atomic E-state index is 13.5. The molecule has 1 aromatic carbocycles. The van der Waals surface area contributed by atoms with Gasteiger partial charge in [-0.3, -0.25) is 0 Å². The highest BCUT2D eigenvalue weighted by atomic mass is 19.1. The van der Waals surface area contributed by atoms with Gasteiger partial charge in [-0.05, 0) is 64.2 Å². The average Bonchev–Trinajstić information content (AvgIpc) is 2.83. The maximum absolute atomic E-state index is 13.5. The molecule has 0 spiro atoms. The smallest absolute Gasteiger partial charge is 0.123 e. The van der Waals surface area contributed by atoms with Gasteiger partial charge in [0.15, 0.2) is 0 Å². The Labute approximate surface area is 121 Å². The second kappa shape index (κ2) is 6.55. The number of rotatable bonds is 5. The Bertz CT molecular complexity index is 449. The SMILES string of the molecule is CNC(C)c1cc(F)ccc1N(C)CC1CCCN1C. The van der Waals surface area contributed by atoms with Crippen LogP contribution in [-0.2, 0) is 0 Å². The van der Waals surface area contributed by atoms with Gasteiger partial charge in [-0.15, -0.1) is 0 Å². The Morgan fingerprint density at radius 2 is 2.25 bits per heavy atom. The molecule has 0 saturated carbocycles. The van der Waals surface area contributed by atoms with Gasteiger partial charge in [-0.2, -0.15) is 0 Å². The van der Waals surface area contributed by atoms with Crippen LogP contribution in [0, 0.1) is 5.82 Å². The van der Waals surface area contributed by atoms with Crippen LogP contribution in [0.2, 0.25) is 0 Å². The van der Waals surface area contributed by atoms with Gasteiger partial charge >= 0.3 is 0 Å². The van der Waals surface area contributed by atoms with Gasteiger partial charge in [0.2, 0.25) is 0 Å². The molecule has 2 atom stereocenters. The van der Waals surface area contributed by atoms with E-state index in [1.54, 1.807) is 12.1 Å². The number of likely N-dealkylation sites (tertiary alicyclic amines) is 1. The van der Waals surface area contributed by atoms with Gasteiger partial charge in [0.05, 0.1) is 0 Å². The van der Waals surface area contributed by atoms with Crippen LogP contribution in [0.4, 0.5) is 10.1 Å². The van der Waals surface area contributed by atoms with Crippen molar-refractivity contribution in [1.82, 2.24) is 10.2 Å². The van der Waals surface area contributed by atoms with Crippen LogP contribution < -0.4 is 10.2 Å². The summed E-state index contributed by atoms with van der Waals surface area (Å²) >= 11 is 0. The highest BCUT2D eigenvalue weighted by Gasteiger charge is 2.23. The van der Waals surface area contributed by atoms with E-state index in [-0.39, 0.29) is 11.9 Å². The molecule has 0 aliphatic carbocycles. The summed E-state index contributed by atoms with van der Waals surface area (Å²) < 4.78 is 13.5. The van der Waals surface area contributed by atoms with E-state index in [1.807, 2.05) is 13.1 Å². The first-order chi connectivity index (χ1) is 9.52. The highest BCUT2D eigenvalue weighted by Crippen LogP contribution is 2.28. The molecule has 112 valence electrons. The first kappa shape index (κ1) is 15.3. The molecule has 1 aromatic rings. The number of benzene rings is 1. The summed E-state index contributed by atoms with van der Waals surface area (Å²) in [5, 5.41) is 3.20. The van der Waals surface area contributed by atoms with Crippen molar-refractivity contribution < 1.29 is 4.39 Å². The van der Waals surface area contributed by atoms with Crippen LogP contribution in [0.3, 0.4) is 0 Å². The van der Waals surface area contributed by atoms with E-state index in [9.17, 15) is 4.39 Å². The van der Waals surface area contributed by atoms with Crippen LogP contribution in [0.1, 0.15) is 31.4 Å². The molecule has 1 heterocycles. The van der Waals surface area contributed by atoms with Gasteiger partial charge in [-0.25, -0.2) is 4.39 Å². The quantitative estimate of drug-likeness (QED) is 0.894. The predicted octanol–water partition coefficient (Wildman–Crippen LogP) is 2.64. The number of nitrogens with zero attached hydrogens (tertiary/aromatic N) is 2. The highest BCUT2D eigenvalue weighted by molar-refractivity contribution is 5.54. The van der Waals surface area contributed by atoms with Crippen molar-refractivity contribution in [2.45, 2.75) is 31.8 Å². The van der Waals surface area contributed by atoms with Gasteiger partial charge in [-0.1, -0.05) is 0 Å².